The number of sulfonamides is 1. The molecule has 1 N–H and O–H groups in total. The van der Waals surface area contributed by atoms with Crippen LogP contribution < -0.4 is 10.5 Å². The highest BCUT2D eigenvalue weighted by Crippen LogP contribution is 2.23. The van der Waals surface area contributed by atoms with Crippen molar-refractivity contribution in [1.82, 2.24) is 19.3 Å². The van der Waals surface area contributed by atoms with Crippen molar-refractivity contribution in [1.29, 1.82) is 0 Å². The fourth-order valence-electron chi connectivity index (χ4n) is 2.73. The summed E-state index contributed by atoms with van der Waals surface area (Å²) >= 11 is 0. The van der Waals surface area contributed by atoms with Crippen LogP contribution in [-0.4, -0.2) is 27.7 Å². The van der Waals surface area contributed by atoms with Gasteiger partial charge in [-0.3, -0.25) is 9.29 Å². The summed E-state index contributed by atoms with van der Waals surface area (Å²) in [5.74, 6) is 0.126. The lowest BCUT2D eigenvalue weighted by molar-refractivity contribution is 0.527. The summed E-state index contributed by atoms with van der Waals surface area (Å²) in [5, 5.41) is 7.83. The first-order chi connectivity index (χ1) is 12.8. The lowest BCUT2D eigenvalue weighted by Crippen LogP contribution is -2.13. The molecule has 0 fully saturated rings. The van der Waals surface area contributed by atoms with Gasteiger partial charge in [0, 0.05) is 31.4 Å². The van der Waals surface area contributed by atoms with Crippen molar-refractivity contribution < 1.29 is 12.8 Å². The van der Waals surface area contributed by atoms with E-state index in [4.69, 9.17) is 4.42 Å². The molecule has 0 amide bonds. The molecule has 0 bridgehead atoms. The van der Waals surface area contributed by atoms with Crippen LogP contribution >= 0.6 is 0 Å². The smallest absolute Gasteiger partial charge is 0.408 e. The van der Waals surface area contributed by atoms with Crippen LogP contribution in [0.25, 0.3) is 22.5 Å². The minimum absolute atomic E-state index is 0.00160. The zero-order valence-corrected chi connectivity index (χ0v) is 15.3. The molecule has 0 spiro atoms. The Labute approximate surface area is 153 Å². The summed E-state index contributed by atoms with van der Waals surface area (Å²) in [4.78, 5) is 11.6. The minimum atomic E-state index is -3.84. The van der Waals surface area contributed by atoms with Crippen molar-refractivity contribution >= 4 is 26.8 Å². The number of hydrogen-bond acceptors (Lipinski definition) is 6. The molecule has 0 saturated heterocycles. The number of fused-ring (bicyclic) bond motifs is 1. The third kappa shape index (κ3) is 2.99. The molecule has 4 aromatic rings. The van der Waals surface area contributed by atoms with E-state index in [1.807, 2.05) is 7.05 Å². The minimum Gasteiger partial charge on any atom is -0.408 e. The Morgan fingerprint density at radius 3 is 2.48 bits per heavy atom. The number of nitrogens with zero attached hydrogens (tertiary/aromatic N) is 4. The Morgan fingerprint density at radius 1 is 1.07 bits per heavy atom. The Bertz CT molecular complexity index is 1300. The lowest BCUT2D eigenvalue weighted by atomic mass is 10.2. The van der Waals surface area contributed by atoms with Crippen molar-refractivity contribution in [3.63, 3.8) is 0 Å². The maximum absolute atomic E-state index is 12.6. The summed E-state index contributed by atoms with van der Waals surface area (Å²) in [6.45, 7) is 0. The van der Waals surface area contributed by atoms with Gasteiger partial charge in [0.2, 0.25) is 0 Å². The van der Waals surface area contributed by atoms with Crippen molar-refractivity contribution in [2.75, 3.05) is 4.72 Å². The van der Waals surface area contributed by atoms with Gasteiger partial charge in [0.05, 0.1) is 10.4 Å². The molecule has 27 heavy (non-hydrogen) atoms. The molecule has 0 unspecified atom stereocenters. The maximum atomic E-state index is 12.6. The number of oxazole rings is 1. The molecule has 0 radical (unpaired) electrons. The van der Waals surface area contributed by atoms with Crippen molar-refractivity contribution in [2.24, 2.45) is 14.1 Å². The molecule has 0 atom stereocenters. The number of rotatable bonds is 4. The number of aryl methyl sites for hydroxylation is 2. The molecule has 10 heteroatoms. The van der Waals surface area contributed by atoms with E-state index in [2.05, 4.69) is 14.9 Å². The van der Waals surface area contributed by atoms with Crippen LogP contribution in [0.3, 0.4) is 0 Å². The van der Waals surface area contributed by atoms with E-state index in [-0.39, 0.29) is 10.5 Å². The largest absolute Gasteiger partial charge is 0.419 e. The Morgan fingerprint density at radius 2 is 1.81 bits per heavy atom. The highest BCUT2D eigenvalue weighted by atomic mass is 32.2. The summed E-state index contributed by atoms with van der Waals surface area (Å²) in [6.07, 6.45) is 1.59. The van der Waals surface area contributed by atoms with E-state index >= 15 is 0 Å². The summed E-state index contributed by atoms with van der Waals surface area (Å²) in [5.41, 5.74) is 1.94. The van der Waals surface area contributed by atoms with Crippen LogP contribution in [0, 0.1) is 0 Å². The number of nitrogens with one attached hydrogen (secondary N) is 1. The summed E-state index contributed by atoms with van der Waals surface area (Å²) in [7, 11) is -0.459. The van der Waals surface area contributed by atoms with Gasteiger partial charge in [-0.05, 0) is 36.4 Å². The molecular formula is C17H15N5O4S. The first-order valence-electron chi connectivity index (χ1n) is 7.92. The molecule has 2 aromatic carbocycles. The number of hydrogen-bond donors (Lipinski definition) is 1. The van der Waals surface area contributed by atoms with Crippen molar-refractivity contribution in [2.45, 2.75) is 4.90 Å². The summed E-state index contributed by atoms with van der Waals surface area (Å²) < 4.78 is 35.9. The Hall–Kier alpha value is -3.40. The van der Waals surface area contributed by atoms with Crippen LogP contribution in [0.5, 0.6) is 0 Å². The molecule has 0 aliphatic heterocycles. The standard InChI is InChI=1S/C17H15N5O4S/c1-21-10-18-19-16(21)11-3-5-12(6-4-11)20-27(24,25)13-7-8-14-15(9-13)26-17(23)22(14)2/h3-10,20H,1-2H3. The van der Waals surface area contributed by atoms with E-state index in [0.717, 1.165) is 5.56 Å². The maximum Gasteiger partial charge on any atom is 0.419 e. The molecule has 2 aromatic heterocycles. The zero-order valence-electron chi connectivity index (χ0n) is 14.4. The van der Waals surface area contributed by atoms with Crippen molar-refractivity contribution in [3.8, 4) is 11.4 Å². The average molecular weight is 385 g/mol. The van der Waals surface area contributed by atoms with E-state index in [9.17, 15) is 13.2 Å². The van der Waals surface area contributed by atoms with Gasteiger partial charge in [0.25, 0.3) is 10.0 Å². The highest BCUT2D eigenvalue weighted by Gasteiger charge is 2.17. The van der Waals surface area contributed by atoms with Crippen LogP contribution in [-0.2, 0) is 24.1 Å². The van der Waals surface area contributed by atoms with Gasteiger partial charge in [0.1, 0.15) is 6.33 Å². The molecule has 0 saturated carbocycles. The Balaban J connectivity index is 1.63. The monoisotopic (exact) mass is 385 g/mol. The van der Waals surface area contributed by atoms with Gasteiger partial charge in [-0.2, -0.15) is 0 Å². The first-order valence-corrected chi connectivity index (χ1v) is 9.40. The van der Waals surface area contributed by atoms with Gasteiger partial charge >= 0.3 is 5.76 Å². The van der Waals surface area contributed by atoms with Gasteiger partial charge < -0.3 is 8.98 Å². The van der Waals surface area contributed by atoms with E-state index < -0.39 is 15.8 Å². The molecule has 0 aliphatic rings. The topological polar surface area (TPSA) is 112 Å². The normalized spacial score (nSPS) is 11.8. The predicted molar refractivity (Wildman–Crippen MR) is 98.7 cm³/mol. The van der Waals surface area contributed by atoms with Gasteiger partial charge in [0.15, 0.2) is 11.4 Å². The highest BCUT2D eigenvalue weighted by molar-refractivity contribution is 7.92. The second kappa shape index (κ2) is 6.09. The van der Waals surface area contributed by atoms with Crippen LogP contribution in [0.2, 0.25) is 0 Å². The van der Waals surface area contributed by atoms with E-state index in [1.165, 1.54) is 22.8 Å². The predicted octanol–water partition coefficient (Wildman–Crippen LogP) is 1.73. The molecular weight excluding hydrogens is 370 g/mol. The quantitative estimate of drug-likeness (QED) is 0.572. The SMILES string of the molecule is Cn1cnnc1-c1ccc(NS(=O)(=O)c2ccc3c(c2)oc(=O)n3C)cc1. The molecule has 138 valence electrons. The number of aromatic nitrogens is 4. The lowest BCUT2D eigenvalue weighted by Gasteiger charge is -2.09. The van der Waals surface area contributed by atoms with Crippen molar-refractivity contribution in [3.05, 3.63) is 59.3 Å². The second-order valence-corrected chi connectivity index (χ2v) is 7.69. The molecule has 4 rings (SSSR count). The Kier molecular flexibility index (Phi) is 3.84. The van der Waals surface area contributed by atoms with Crippen LogP contribution in [0.15, 0.2) is 62.9 Å². The molecule has 2 heterocycles. The van der Waals surface area contributed by atoms with Gasteiger partial charge in [-0.25, -0.2) is 13.2 Å². The second-order valence-electron chi connectivity index (χ2n) is 6.00. The fraction of sp³-hybridized carbons (Fsp3) is 0.118. The average Bonchev–Trinajstić information content (AvgIpc) is 3.18. The van der Waals surface area contributed by atoms with Gasteiger partial charge in [-0.1, -0.05) is 0 Å². The van der Waals surface area contributed by atoms with Crippen LogP contribution in [0.4, 0.5) is 5.69 Å². The fourth-order valence-corrected chi connectivity index (χ4v) is 3.80. The van der Waals surface area contributed by atoms with Crippen LogP contribution in [0.1, 0.15) is 0 Å². The third-order valence-corrected chi connectivity index (χ3v) is 5.56. The number of anilines is 1. The zero-order chi connectivity index (χ0) is 19.2. The van der Waals surface area contributed by atoms with Gasteiger partial charge in [-0.15, -0.1) is 10.2 Å². The number of benzene rings is 2. The molecule has 9 nitrogen and oxygen atoms in total. The van der Waals surface area contributed by atoms with E-state index in [1.54, 1.807) is 42.2 Å². The molecule has 0 aliphatic carbocycles. The third-order valence-electron chi connectivity index (χ3n) is 4.18. The summed E-state index contributed by atoms with van der Waals surface area (Å²) in [6, 6.07) is 11.1. The first kappa shape index (κ1) is 17.0. The van der Waals surface area contributed by atoms with E-state index in [0.29, 0.717) is 17.0 Å².